The van der Waals surface area contributed by atoms with Gasteiger partial charge in [0.15, 0.2) is 11.4 Å². The van der Waals surface area contributed by atoms with Crippen LogP contribution in [0, 0.1) is 0 Å². The van der Waals surface area contributed by atoms with Crippen molar-refractivity contribution in [2.45, 2.75) is 6.17 Å². The van der Waals surface area contributed by atoms with Crippen LogP contribution in [0.2, 0.25) is 0 Å². The Kier molecular flexibility index (Phi) is 5.57. The van der Waals surface area contributed by atoms with Crippen molar-refractivity contribution in [2.75, 3.05) is 0 Å². The minimum atomic E-state index is -0.299. The fourth-order valence-corrected chi connectivity index (χ4v) is 7.20. The minimum absolute atomic E-state index is 0.299. The highest BCUT2D eigenvalue weighted by molar-refractivity contribution is 6.22. The molecule has 0 amide bonds. The SMILES string of the molecule is c1ccc(C2N=C(c3ccc(-c4cc5c6c(cccc6c4)-c4ccccc4-5)cc3)N=C(c3cccc4oc5cnccc5c34)N2)cc1. The van der Waals surface area contributed by atoms with Gasteiger partial charge in [-0.2, -0.15) is 0 Å². The number of nitrogens with zero attached hydrogens (tertiary/aromatic N) is 3. The quantitative estimate of drug-likeness (QED) is 0.218. The Morgan fingerprint density at radius 2 is 1.30 bits per heavy atom. The van der Waals surface area contributed by atoms with Gasteiger partial charge in [0.25, 0.3) is 0 Å². The Bertz CT molecular complexity index is 2600. The number of aromatic nitrogens is 1. The zero-order chi connectivity index (χ0) is 30.9. The van der Waals surface area contributed by atoms with Gasteiger partial charge in [0, 0.05) is 28.1 Å². The van der Waals surface area contributed by atoms with Crippen LogP contribution in [-0.4, -0.2) is 16.7 Å². The molecular formula is C42H26N4O. The minimum Gasteiger partial charge on any atom is -0.454 e. The van der Waals surface area contributed by atoms with Crippen molar-refractivity contribution in [3.63, 3.8) is 0 Å². The number of aliphatic imine (C=N–C) groups is 2. The number of pyridine rings is 1. The first-order chi connectivity index (χ1) is 23.3. The van der Waals surface area contributed by atoms with Gasteiger partial charge in [0.1, 0.15) is 17.6 Å². The summed E-state index contributed by atoms with van der Waals surface area (Å²) in [6.07, 6.45) is 3.26. The lowest BCUT2D eigenvalue weighted by molar-refractivity contribution is 0.666. The highest BCUT2D eigenvalue weighted by Gasteiger charge is 2.25. The Morgan fingerprint density at radius 3 is 2.17 bits per heavy atom. The topological polar surface area (TPSA) is 62.8 Å². The van der Waals surface area contributed by atoms with Gasteiger partial charge in [-0.3, -0.25) is 4.98 Å². The molecule has 0 saturated carbocycles. The fraction of sp³-hybridized carbons (Fsp3) is 0.0238. The van der Waals surface area contributed by atoms with E-state index >= 15 is 0 Å². The van der Waals surface area contributed by atoms with Crippen LogP contribution in [0.3, 0.4) is 0 Å². The van der Waals surface area contributed by atoms with Gasteiger partial charge in [-0.05, 0) is 74.0 Å². The maximum absolute atomic E-state index is 6.15. The third-order valence-corrected chi connectivity index (χ3v) is 9.37. The molecule has 5 nitrogen and oxygen atoms in total. The highest BCUT2D eigenvalue weighted by atomic mass is 16.3. The summed E-state index contributed by atoms with van der Waals surface area (Å²) in [6, 6.07) is 47.0. The molecule has 1 aliphatic heterocycles. The van der Waals surface area contributed by atoms with E-state index in [0.717, 1.165) is 50.0 Å². The first kappa shape index (κ1) is 25.9. The molecule has 1 unspecified atom stereocenters. The number of nitrogens with one attached hydrogen (secondary N) is 1. The maximum Gasteiger partial charge on any atom is 0.159 e. The fourth-order valence-electron chi connectivity index (χ4n) is 7.20. The van der Waals surface area contributed by atoms with E-state index < -0.39 is 0 Å². The van der Waals surface area contributed by atoms with Crippen molar-refractivity contribution >= 4 is 44.4 Å². The molecule has 0 spiro atoms. The number of amidine groups is 2. The van der Waals surface area contributed by atoms with Crippen molar-refractivity contribution < 1.29 is 4.42 Å². The van der Waals surface area contributed by atoms with Crippen LogP contribution < -0.4 is 5.32 Å². The Labute approximate surface area is 270 Å². The summed E-state index contributed by atoms with van der Waals surface area (Å²) in [5, 5.41) is 8.23. The highest BCUT2D eigenvalue weighted by Crippen LogP contribution is 2.48. The maximum atomic E-state index is 6.15. The molecule has 1 N–H and O–H groups in total. The van der Waals surface area contributed by atoms with E-state index in [-0.39, 0.29) is 6.17 Å². The van der Waals surface area contributed by atoms with E-state index in [1.807, 2.05) is 36.4 Å². The molecular weight excluding hydrogens is 576 g/mol. The van der Waals surface area contributed by atoms with Gasteiger partial charge in [-0.15, -0.1) is 0 Å². The van der Waals surface area contributed by atoms with Crippen molar-refractivity contribution in [1.82, 2.24) is 10.3 Å². The average molecular weight is 603 g/mol. The molecule has 2 aliphatic rings. The van der Waals surface area contributed by atoms with Crippen molar-refractivity contribution in [3.05, 3.63) is 163 Å². The lowest BCUT2D eigenvalue weighted by atomic mass is 9.95. The van der Waals surface area contributed by atoms with Gasteiger partial charge >= 0.3 is 0 Å². The molecule has 8 aromatic rings. The predicted octanol–water partition coefficient (Wildman–Crippen LogP) is 9.94. The van der Waals surface area contributed by atoms with Crippen LogP contribution in [0.15, 0.2) is 160 Å². The molecule has 0 fully saturated rings. The number of hydrogen-bond donors (Lipinski definition) is 1. The number of rotatable bonds is 4. The largest absolute Gasteiger partial charge is 0.454 e. The molecule has 10 rings (SSSR count). The number of hydrogen-bond acceptors (Lipinski definition) is 5. The first-order valence-corrected chi connectivity index (χ1v) is 15.8. The van der Waals surface area contributed by atoms with Crippen LogP contribution in [0.25, 0.3) is 66.1 Å². The van der Waals surface area contributed by atoms with Crippen molar-refractivity contribution in [3.8, 4) is 33.4 Å². The summed E-state index contributed by atoms with van der Waals surface area (Å²) >= 11 is 0. The van der Waals surface area contributed by atoms with Gasteiger partial charge in [-0.1, -0.05) is 109 Å². The molecule has 47 heavy (non-hydrogen) atoms. The predicted molar refractivity (Wildman–Crippen MR) is 191 cm³/mol. The van der Waals surface area contributed by atoms with Crippen LogP contribution in [0.4, 0.5) is 0 Å². The van der Waals surface area contributed by atoms with Crippen LogP contribution >= 0.6 is 0 Å². The molecule has 6 aromatic carbocycles. The molecule has 0 saturated heterocycles. The van der Waals surface area contributed by atoms with E-state index in [2.05, 4.69) is 107 Å². The number of fused-ring (bicyclic) bond motifs is 6. The second-order valence-corrected chi connectivity index (χ2v) is 12.1. The monoisotopic (exact) mass is 602 g/mol. The zero-order valence-electron chi connectivity index (χ0n) is 25.2. The van der Waals surface area contributed by atoms with E-state index in [1.165, 1.54) is 38.6 Å². The van der Waals surface area contributed by atoms with E-state index in [9.17, 15) is 0 Å². The van der Waals surface area contributed by atoms with Crippen molar-refractivity contribution in [2.24, 2.45) is 9.98 Å². The second kappa shape index (κ2) is 10.1. The third kappa shape index (κ3) is 4.07. The smallest absolute Gasteiger partial charge is 0.159 e. The van der Waals surface area contributed by atoms with Gasteiger partial charge in [0.05, 0.1) is 6.20 Å². The third-order valence-electron chi connectivity index (χ3n) is 9.37. The van der Waals surface area contributed by atoms with E-state index in [0.29, 0.717) is 5.84 Å². The van der Waals surface area contributed by atoms with E-state index in [4.69, 9.17) is 14.4 Å². The Balaban J connectivity index is 1.08. The molecule has 220 valence electrons. The molecule has 1 atom stereocenters. The van der Waals surface area contributed by atoms with Gasteiger partial charge in [-0.25, -0.2) is 9.98 Å². The summed E-state index contributed by atoms with van der Waals surface area (Å²) in [7, 11) is 0. The van der Waals surface area contributed by atoms with Crippen LogP contribution in [0.1, 0.15) is 22.9 Å². The average Bonchev–Trinajstić information content (AvgIpc) is 3.69. The molecule has 0 bridgehead atoms. The molecule has 1 aliphatic carbocycles. The Morgan fingerprint density at radius 1 is 0.553 bits per heavy atom. The summed E-state index contributed by atoms with van der Waals surface area (Å²) in [6.45, 7) is 0. The normalized spacial score (nSPS) is 15.0. The number of benzene rings is 6. The molecule has 3 heterocycles. The van der Waals surface area contributed by atoms with E-state index in [1.54, 1.807) is 12.4 Å². The summed E-state index contributed by atoms with van der Waals surface area (Å²) in [4.78, 5) is 14.5. The molecule has 2 aromatic heterocycles. The first-order valence-electron chi connectivity index (χ1n) is 15.8. The summed E-state index contributed by atoms with van der Waals surface area (Å²) in [5.41, 5.74) is 12.1. The van der Waals surface area contributed by atoms with Crippen LogP contribution in [0.5, 0.6) is 0 Å². The number of furan rings is 1. The second-order valence-electron chi connectivity index (χ2n) is 12.1. The zero-order valence-corrected chi connectivity index (χ0v) is 25.2. The lowest BCUT2D eigenvalue weighted by Crippen LogP contribution is -2.33. The molecule has 0 radical (unpaired) electrons. The van der Waals surface area contributed by atoms with Gasteiger partial charge in [0.2, 0.25) is 0 Å². The van der Waals surface area contributed by atoms with Gasteiger partial charge < -0.3 is 9.73 Å². The molecule has 5 heteroatoms. The lowest BCUT2D eigenvalue weighted by Gasteiger charge is -2.24. The standard InChI is InChI=1S/C42H26N4O/c1-2-8-26(9-3-1)40-44-41(46-42(45-40)34-14-7-15-36-39(34)33-20-21-43-24-37(33)47-36)27-18-16-25(17-19-27)29-22-28-10-6-13-32-30-11-4-5-12-31(30)35(23-29)38(28)32/h1-24,40H,(H,44,45,46). The Hall–Kier alpha value is -6.33. The summed E-state index contributed by atoms with van der Waals surface area (Å²) < 4.78 is 6.15. The van der Waals surface area contributed by atoms with Crippen molar-refractivity contribution in [1.29, 1.82) is 0 Å². The summed E-state index contributed by atoms with van der Waals surface area (Å²) in [5.74, 6) is 1.44. The van der Waals surface area contributed by atoms with Crippen LogP contribution in [-0.2, 0) is 0 Å².